The minimum absolute atomic E-state index is 0.0432. The zero-order valence-electron chi connectivity index (χ0n) is 33.0. The number of nitrogens with one attached hydrogen (secondary N) is 1. The van der Waals surface area contributed by atoms with Crippen molar-refractivity contribution in [3.63, 3.8) is 0 Å². The fraction of sp³-hybridized carbons (Fsp3) is 0.239. The third-order valence-corrected chi connectivity index (χ3v) is 11.7. The summed E-state index contributed by atoms with van der Waals surface area (Å²) in [7, 11) is 1.70. The predicted molar refractivity (Wildman–Crippen MR) is 226 cm³/mol. The zero-order chi connectivity index (χ0) is 42.1. The van der Waals surface area contributed by atoms with E-state index in [0.29, 0.717) is 33.9 Å². The van der Waals surface area contributed by atoms with Crippen molar-refractivity contribution in [3.8, 4) is 28.4 Å². The quantitative estimate of drug-likeness (QED) is 0.133. The standard InChI is InChI=1S/C46H41Cl2N5O7/c1-26-27(2)49-16-14-35(26)30-7-4-28(5-8-30)19-39(46(56)57)50-44(54)40-20-32-21-41-42(22-33(32)23-53(40)45(55)38-15-17-52(3)51-38)60-43(25-59-41)31-9-11-34(12-10-31)58-24-29-6-13-36(47)37(48)18-29/h4-18,21-22,39-40,43H,19-20,23-25H2,1-3H3,(H,50,54)(H,56,57)/t39?,40-,43+/m0/s1. The van der Waals surface area contributed by atoms with Gasteiger partial charge in [-0.2, -0.15) is 5.10 Å². The highest BCUT2D eigenvalue weighted by molar-refractivity contribution is 6.42. The number of aliphatic carboxylic acids is 1. The number of carboxylic acids is 1. The van der Waals surface area contributed by atoms with Crippen LogP contribution >= 0.6 is 23.2 Å². The lowest BCUT2D eigenvalue weighted by atomic mass is 9.91. The number of rotatable bonds is 11. The van der Waals surface area contributed by atoms with Crippen molar-refractivity contribution in [2.75, 3.05) is 6.61 Å². The van der Waals surface area contributed by atoms with Gasteiger partial charge in [0.25, 0.3) is 5.91 Å². The third-order valence-electron chi connectivity index (χ3n) is 11.0. The van der Waals surface area contributed by atoms with Gasteiger partial charge in [-0.3, -0.25) is 19.3 Å². The first kappa shape index (κ1) is 40.4. The fourth-order valence-electron chi connectivity index (χ4n) is 7.49. The highest BCUT2D eigenvalue weighted by atomic mass is 35.5. The van der Waals surface area contributed by atoms with Crippen LogP contribution in [0.3, 0.4) is 0 Å². The Balaban J connectivity index is 0.980. The van der Waals surface area contributed by atoms with Gasteiger partial charge in [-0.15, -0.1) is 0 Å². The molecular formula is C46H41Cl2N5O7. The maximum Gasteiger partial charge on any atom is 0.326 e. The van der Waals surface area contributed by atoms with Gasteiger partial charge in [-0.05, 0) is 107 Å². The van der Waals surface area contributed by atoms with Crippen LogP contribution in [0.5, 0.6) is 17.2 Å². The van der Waals surface area contributed by atoms with Gasteiger partial charge in [-0.1, -0.05) is 65.7 Å². The molecule has 0 bridgehead atoms. The number of pyridine rings is 1. The lowest BCUT2D eigenvalue weighted by Gasteiger charge is -2.37. The number of carboxylic acid groups (broad SMARTS) is 1. The Morgan fingerprint density at radius 1 is 0.917 bits per heavy atom. The van der Waals surface area contributed by atoms with E-state index in [2.05, 4.69) is 15.4 Å². The summed E-state index contributed by atoms with van der Waals surface area (Å²) in [6, 6.07) is 25.5. The second-order valence-corrected chi connectivity index (χ2v) is 15.8. The number of benzene rings is 4. The van der Waals surface area contributed by atoms with E-state index >= 15 is 0 Å². The smallest absolute Gasteiger partial charge is 0.326 e. The minimum Gasteiger partial charge on any atom is -0.489 e. The summed E-state index contributed by atoms with van der Waals surface area (Å²) in [4.78, 5) is 46.5. The van der Waals surface area contributed by atoms with E-state index < -0.39 is 36.0 Å². The molecule has 60 heavy (non-hydrogen) atoms. The molecule has 2 aromatic heterocycles. The summed E-state index contributed by atoms with van der Waals surface area (Å²) in [6.45, 7) is 4.59. The normalized spacial score (nSPS) is 16.1. The van der Waals surface area contributed by atoms with Crippen molar-refractivity contribution >= 4 is 41.0 Å². The number of aryl methyl sites for hydroxylation is 2. The zero-order valence-corrected chi connectivity index (χ0v) is 34.5. The Morgan fingerprint density at radius 3 is 2.38 bits per heavy atom. The molecule has 0 saturated heterocycles. The molecule has 0 saturated carbocycles. The first-order valence-electron chi connectivity index (χ1n) is 19.4. The molecular weight excluding hydrogens is 805 g/mol. The summed E-state index contributed by atoms with van der Waals surface area (Å²) in [5.41, 5.74) is 8.24. The van der Waals surface area contributed by atoms with E-state index in [1.54, 1.807) is 37.6 Å². The third kappa shape index (κ3) is 8.66. The molecule has 0 fully saturated rings. The molecule has 4 heterocycles. The van der Waals surface area contributed by atoms with Gasteiger partial charge in [-0.25, -0.2) is 4.79 Å². The highest BCUT2D eigenvalue weighted by Gasteiger charge is 2.39. The maximum atomic E-state index is 14.1. The molecule has 2 aliphatic heterocycles. The van der Waals surface area contributed by atoms with E-state index in [1.807, 2.05) is 86.6 Å². The van der Waals surface area contributed by atoms with Crippen LogP contribution in [0.25, 0.3) is 11.1 Å². The lowest BCUT2D eigenvalue weighted by Crippen LogP contribution is -2.56. The van der Waals surface area contributed by atoms with Crippen molar-refractivity contribution < 1.29 is 33.7 Å². The average Bonchev–Trinajstić information content (AvgIpc) is 3.69. The molecule has 0 spiro atoms. The van der Waals surface area contributed by atoms with Gasteiger partial charge < -0.3 is 29.5 Å². The van der Waals surface area contributed by atoms with Gasteiger partial charge in [0.05, 0.1) is 10.0 Å². The number of carbonyl (C=O) groups is 3. The number of carbonyl (C=O) groups excluding carboxylic acids is 2. The van der Waals surface area contributed by atoms with Crippen molar-refractivity contribution in [1.29, 1.82) is 0 Å². The Bertz CT molecular complexity index is 2600. The van der Waals surface area contributed by atoms with Gasteiger partial charge in [0, 0.05) is 44.5 Å². The van der Waals surface area contributed by atoms with Crippen LogP contribution in [0, 0.1) is 13.8 Å². The highest BCUT2D eigenvalue weighted by Crippen LogP contribution is 2.41. The van der Waals surface area contributed by atoms with Crippen molar-refractivity contribution in [2.24, 2.45) is 7.05 Å². The van der Waals surface area contributed by atoms with Gasteiger partial charge in [0.1, 0.15) is 36.7 Å². The summed E-state index contributed by atoms with van der Waals surface area (Å²) in [5.74, 6) is -0.548. The first-order chi connectivity index (χ1) is 28.9. The lowest BCUT2D eigenvalue weighted by molar-refractivity contribution is -0.142. The second-order valence-electron chi connectivity index (χ2n) is 15.0. The Labute approximate surface area is 356 Å². The maximum absolute atomic E-state index is 14.1. The van der Waals surface area contributed by atoms with Crippen molar-refractivity contribution in [1.82, 2.24) is 25.0 Å². The summed E-state index contributed by atoms with van der Waals surface area (Å²) in [5, 5.41) is 18.3. The Hall–Kier alpha value is -6.37. The molecule has 4 aromatic carbocycles. The SMILES string of the molecule is Cc1nccc(-c2ccc(CC(NC(=O)[C@@H]3Cc4cc5c(cc4CN3C(=O)c3ccn(C)n3)O[C@@H](c3ccc(OCc4ccc(Cl)c(Cl)c4)cc3)CO5)C(=O)O)cc2)c1C. The number of amides is 2. The van der Waals surface area contributed by atoms with Crippen LogP contribution in [0.2, 0.25) is 10.0 Å². The van der Waals surface area contributed by atoms with Crippen LogP contribution in [-0.2, 0) is 42.6 Å². The summed E-state index contributed by atoms with van der Waals surface area (Å²) < 4.78 is 20.1. The molecule has 306 valence electrons. The Morgan fingerprint density at radius 2 is 1.67 bits per heavy atom. The monoisotopic (exact) mass is 845 g/mol. The van der Waals surface area contributed by atoms with Crippen LogP contribution < -0.4 is 19.5 Å². The molecule has 1 unspecified atom stereocenters. The topological polar surface area (TPSA) is 145 Å². The number of hydrogen-bond donors (Lipinski definition) is 2. The van der Waals surface area contributed by atoms with E-state index in [-0.39, 0.29) is 31.7 Å². The number of hydrogen-bond acceptors (Lipinski definition) is 8. The fourth-order valence-corrected chi connectivity index (χ4v) is 7.81. The van der Waals surface area contributed by atoms with Crippen LogP contribution in [-0.4, -0.2) is 61.2 Å². The molecule has 6 aromatic rings. The van der Waals surface area contributed by atoms with E-state index in [1.165, 1.54) is 9.58 Å². The number of aromatic nitrogens is 3. The van der Waals surface area contributed by atoms with E-state index in [9.17, 15) is 19.5 Å². The number of halogens is 2. The van der Waals surface area contributed by atoms with Gasteiger partial charge in [0.2, 0.25) is 5.91 Å². The number of fused-ring (bicyclic) bond motifs is 2. The molecule has 2 amide bonds. The second kappa shape index (κ2) is 17.1. The summed E-state index contributed by atoms with van der Waals surface area (Å²) >= 11 is 12.2. The average molecular weight is 847 g/mol. The molecule has 3 atom stereocenters. The molecule has 2 aliphatic rings. The summed E-state index contributed by atoms with van der Waals surface area (Å²) in [6.07, 6.45) is 3.16. The largest absolute Gasteiger partial charge is 0.489 e. The van der Waals surface area contributed by atoms with Crippen LogP contribution in [0.15, 0.2) is 103 Å². The molecule has 8 rings (SSSR count). The van der Waals surface area contributed by atoms with E-state index in [4.69, 9.17) is 37.4 Å². The number of ether oxygens (including phenoxy) is 3. The molecule has 12 nitrogen and oxygen atoms in total. The van der Waals surface area contributed by atoms with E-state index in [0.717, 1.165) is 50.2 Å². The van der Waals surface area contributed by atoms with Crippen LogP contribution in [0.4, 0.5) is 0 Å². The van der Waals surface area contributed by atoms with Gasteiger partial charge >= 0.3 is 5.97 Å². The predicted octanol–water partition coefficient (Wildman–Crippen LogP) is 7.88. The molecule has 2 N–H and O–H groups in total. The van der Waals surface area contributed by atoms with Gasteiger partial charge in [0.15, 0.2) is 17.6 Å². The molecule has 14 heteroatoms. The molecule has 0 radical (unpaired) electrons. The first-order valence-corrected chi connectivity index (χ1v) is 20.1. The Kier molecular flexibility index (Phi) is 11.5. The van der Waals surface area contributed by atoms with Crippen molar-refractivity contribution in [3.05, 3.63) is 158 Å². The minimum atomic E-state index is -1.25. The number of nitrogens with zero attached hydrogens (tertiary/aromatic N) is 4. The van der Waals surface area contributed by atoms with Crippen molar-refractivity contribution in [2.45, 2.75) is 58.0 Å². The van der Waals surface area contributed by atoms with Crippen LogP contribution in [0.1, 0.15) is 55.7 Å². The molecule has 0 aliphatic carbocycles.